The third-order valence-electron chi connectivity index (χ3n) is 4.51. The van der Waals surface area contributed by atoms with E-state index in [1.54, 1.807) is 4.52 Å². The van der Waals surface area contributed by atoms with Crippen LogP contribution in [0.25, 0.3) is 17.0 Å². The second kappa shape index (κ2) is 5.41. The maximum absolute atomic E-state index is 4.68. The third-order valence-corrected chi connectivity index (χ3v) is 4.51. The van der Waals surface area contributed by atoms with E-state index in [1.807, 2.05) is 60.4 Å². The summed E-state index contributed by atoms with van der Waals surface area (Å²) in [4.78, 5) is 0. The standard InChI is InChI=1S/C18H17N7/c1-24-17(12-7-8-12)14(11-19-24)20-15-9-10-16-21-22-18(25(16)23-15)13-5-3-2-4-6-13/h2-6,9-12H,7-8H2,1H3,(H,20,23). The van der Waals surface area contributed by atoms with Gasteiger partial charge in [0.05, 0.1) is 17.6 Å². The highest BCUT2D eigenvalue weighted by molar-refractivity contribution is 5.63. The number of aromatic nitrogens is 6. The molecule has 0 unspecified atom stereocenters. The highest BCUT2D eigenvalue weighted by atomic mass is 15.4. The molecule has 1 aromatic carbocycles. The van der Waals surface area contributed by atoms with Crippen molar-refractivity contribution in [2.45, 2.75) is 18.8 Å². The summed E-state index contributed by atoms with van der Waals surface area (Å²) >= 11 is 0. The zero-order valence-electron chi connectivity index (χ0n) is 13.8. The highest BCUT2D eigenvalue weighted by Gasteiger charge is 2.29. The first-order valence-corrected chi connectivity index (χ1v) is 8.36. The van der Waals surface area contributed by atoms with E-state index in [4.69, 9.17) is 0 Å². The summed E-state index contributed by atoms with van der Waals surface area (Å²) in [5.41, 5.74) is 3.97. The quantitative estimate of drug-likeness (QED) is 0.622. The number of aryl methyl sites for hydroxylation is 1. The first kappa shape index (κ1) is 14.2. The average Bonchev–Trinajstić information content (AvgIpc) is 3.28. The minimum absolute atomic E-state index is 0.605. The summed E-state index contributed by atoms with van der Waals surface area (Å²) in [6.07, 6.45) is 4.32. The van der Waals surface area contributed by atoms with Crippen molar-refractivity contribution >= 4 is 17.2 Å². The molecule has 4 aromatic rings. The lowest BCUT2D eigenvalue weighted by molar-refractivity contribution is 0.714. The van der Waals surface area contributed by atoms with E-state index in [9.17, 15) is 0 Å². The second-order valence-electron chi connectivity index (χ2n) is 6.34. The summed E-state index contributed by atoms with van der Waals surface area (Å²) in [6.45, 7) is 0. The van der Waals surface area contributed by atoms with Gasteiger partial charge in [-0.1, -0.05) is 30.3 Å². The Hall–Kier alpha value is -3.22. The average molecular weight is 331 g/mol. The minimum atomic E-state index is 0.605. The van der Waals surface area contributed by atoms with E-state index in [0.717, 1.165) is 28.5 Å². The molecule has 1 N–H and O–H groups in total. The van der Waals surface area contributed by atoms with Gasteiger partial charge in [-0.15, -0.1) is 15.3 Å². The topological polar surface area (TPSA) is 72.9 Å². The van der Waals surface area contributed by atoms with Crippen LogP contribution in [0.4, 0.5) is 11.5 Å². The molecule has 1 aliphatic rings. The van der Waals surface area contributed by atoms with E-state index in [0.29, 0.717) is 5.92 Å². The number of hydrogen-bond acceptors (Lipinski definition) is 5. The molecule has 5 rings (SSSR count). The molecule has 0 bridgehead atoms. The molecular formula is C18H17N7. The van der Waals surface area contributed by atoms with Gasteiger partial charge in [0.25, 0.3) is 0 Å². The number of hydrogen-bond donors (Lipinski definition) is 1. The molecule has 0 radical (unpaired) electrons. The van der Waals surface area contributed by atoms with Crippen LogP contribution in [-0.4, -0.2) is 29.6 Å². The van der Waals surface area contributed by atoms with Gasteiger partial charge in [0.1, 0.15) is 0 Å². The van der Waals surface area contributed by atoms with Crippen molar-refractivity contribution in [1.29, 1.82) is 0 Å². The number of fused-ring (bicyclic) bond motifs is 1. The van der Waals surface area contributed by atoms with Crippen LogP contribution in [0.3, 0.4) is 0 Å². The zero-order chi connectivity index (χ0) is 16.8. The van der Waals surface area contributed by atoms with E-state index in [1.165, 1.54) is 18.5 Å². The van der Waals surface area contributed by atoms with Crippen molar-refractivity contribution in [3.8, 4) is 11.4 Å². The summed E-state index contributed by atoms with van der Waals surface area (Å²) in [5, 5.41) is 21.0. The highest BCUT2D eigenvalue weighted by Crippen LogP contribution is 2.43. The first-order valence-electron chi connectivity index (χ1n) is 8.36. The number of rotatable bonds is 4. The molecule has 0 aliphatic heterocycles. The monoisotopic (exact) mass is 331 g/mol. The van der Waals surface area contributed by atoms with Crippen LogP contribution < -0.4 is 5.32 Å². The number of benzene rings is 1. The van der Waals surface area contributed by atoms with Crippen LogP contribution in [0.1, 0.15) is 24.5 Å². The Morgan fingerprint density at radius 1 is 1.04 bits per heavy atom. The van der Waals surface area contributed by atoms with Gasteiger partial charge in [-0.3, -0.25) is 4.68 Å². The normalized spacial score (nSPS) is 14.1. The molecule has 25 heavy (non-hydrogen) atoms. The second-order valence-corrected chi connectivity index (χ2v) is 6.34. The smallest absolute Gasteiger partial charge is 0.185 e. The maximum atomic E-state index is 4.68. The number of anilines is 2. The summed E-state index contributed by atoms with van der Waals surface area (Å²) in [6, 6.07) is 13.8. The van der Waals surface area contributed by atoms with E-state index in [-0.39, 0.29) is 0 Å². The first-order chi connectivity index (χ1) is 12.3. The molecule has 7 heteroatoms. The molecule has 1 aliphatic carbocycles. The maximum Gasteiger partial charge on any atom is 0.185 e. The lowest BCUT2D eigenvalue weighted by Gasteiger charge is -2.08. The number of nitrogens with zero attached hydrogens (tertiary/aromatic N) is 6. The summed E-state index contributed by atoms with van der Waals surface area (Å²) in [7, 11) is 1.99. The van der Waals surface area contributed by atoms with E-state index in [2.05, 4.69) is 25.7 Å². The van der Waals surface area contributed by atoms with Crippen LogP contribution >= 0.6 is 0 Å². The fraction of sp³-hybridized carbons (Fsp3) is 0.222. The Bertz CT molecular complexity index is 1040. The molecular weight excluding hydrogens is 314 g/mol. The third kappa shape index (κ3) is 2.44. The lowest BCUT2D eigenvalue weighted by atomic mass is 10.2. The molecule has 0 atom stereocenters. The molecule has 1 saturated carbocycles. The van der Waals surface area contributed by atoms with Crippen molar-refractivity contribution in [2.24, 2.45) is 7.05 Å². The van der Waals surface area contributed by atoms with Gasteiger partial charge in [-0.2, -0.15) is 9.61 Å². The molecule has 3 aromatic heterocycles. The van der Waals surface area contributed by atoms with Gasteiger partial charge in [-0.05, 0) is 25.0 Å². The van der Waals surface area contributed by atoms with Crippen LogP contribution in [0.2, 0.25) is 0 Å². The summed E-state index contributed by atoms with van der Waals surface area (Å²) in [5.74, 6) is 2.08. The lowest BCUT2D eigenvalue weighted by Crippen LogP contribution is -2.03. The Labute approximate surface area is 144 Å². The van der Waals surface area contributed by atoms with Gasteiger partial charge < -0.3 is 5.32 Å². The molecule has 7 nitrogen and oxygen atoms in total. The van der Waals surface area contributed by atoms with Crippen molar-refractivity contribution in [1.82, 2.24) is 29.6 Å². The van der Waals surface area contributed by atoms with Crippen molar-refractivity contribution in [3.05, 3.63) is 54.4 Å². The van der Waals surface area contributed by atoms with Gasteiger partial charge >= 0.3 is 0 Å². The molecule has 0 amide bonds. The fourth-order valence-corrected chi connectivity index (χ4v) is 3.14. The minimum Gasteiger partial charge on any atom is -0.336 e. The van der Waals surface area contributed by atoms with Crippen LogP contribution in [0.5, 0.6) is 0 Å². The molecule has 3 heterocycles. The van der Waals surface area contributed by atoms with Crippen LogP contribution in [0.15, 0.2) is 48.7 Å². The van der Waals surface area contributed by atoms with Gasteiger partial charge in [-0.25, -0.2) is 0 Å². The summed E-state index contributed by atoms with van der Waals surface area (Å²) < 4.78 is 3.72. The van der Waals surface area contributed by atoms with Crippen LogP contribution in [-0.2, 0) is 7.05 Å². The fourth-order valence-electron chi connectivity index (χ4n) is 3.14. The van der Waals surface area contributed by atoms with E-state index < -0.39 is 0 Å². The predicted molar refractivity (Wildman–Crippen MR) is 94.7 cm³/mol. The SMILES string of the molecule is Cn1ncc(Nc2ccc3nnc(-c4ccccc4)n3n2)c1C1CC1. The van der Waals surface area contributed by atoms with Crippen molar-refractivity contribution in [2.75, 3.05) is 5.32 Å². The Morgan fingerprint density at radius 3 is 2.68 bits per heavy atom. The van der Waals surface area contributed by atoms with Gasteiger partial charge in [0.2, 0.25) is 0 Å². The molecule has 1 fully saturated rings. The molecule has 0 spiro atoms. The van der Waals surface area contributed by atoms with Gasteiger partial charge in [0, 0.05) is 18.5 Å². The van der Waals surface area contributed by atoms with Crippen LogP contribution in [0, 0.1) is 0 Å². The van der Waals surface area contributed by atoms with Gasteiger partial charge in [0.15, 0.2) is 17.3 Å². The molecule has 0 saturated heterocycles. The zero-order valence-corrected chi connectivity index (χ0v) is 13.8. The van der Waals surface area contributed by atoms with Crippen molar-refractivity contribution < 1.29 is 0 Å². The predicted octanol–water partition coefficient (Wildman–Crippen LogP) is 3.15. The Balaban J connectivity index is 1.55. The largest absolute Gasteiger partial charge is 0.336 e. The number of nitrogens with one attached hydrogen (secondary N) is 1. The van der Waals surface area contributed by atoms with Crippen molar-refractivity contribution in [3.63, 3.8) is 0 Å². The van der Waals surface area contributed by atoms with E-state index >= 15 is 0 Å². The Kier molecular flexibility index (Phi) is 3.06. The Morgan fingerprint density at radius 2 is 1.88 bits per heavy atom. The molecule has 124 valence electrons.